The molecule has 0 aliphatic rings. The van der Waals surface area contributed by atoms with Crippen molar-refractivity contribution in [2.24, 2.45) is 0 Å². The van der Waals surface area contributed by atoms with Crippen molar-refractivity contribution in [3.8, 4) is 0 Å². The maximum atomic E-state index is 13.7. The highest BCUT2D eigenvalue weighted by molar-refractivity contribution is 5.48. The van der Waals surface area contributed by atoms with Crippen LogP contribution in [0.25, 0.3) is 0 Å². The predicted octanol–water partition coefficient (Wildman–Crippen LogP) is 3.68. The molecule has 0 bridgehead atoms. The Kier molecular flexibility index (Phi) is 4.32. The topological polar surface area (TPSA) is 37.8 Å². The van der Waals surface area contributed by atoms with Gasteiger partial charge >= 0.3 is 0 Å². The first-order valence-electron chi connectivity index (χ1n) is 6.81. The molecule has 0 saturated carbocycles. The van der Waals surface area contributed by atoms with Crippen molar-refractivity contribution in [2.45, 2.75) is 33.1 Å². The predicted molar refractivity (Wildman–Crippen MR) is 79.6 cm³/mol. The van der Waals surface area contributed by atoms with Gasteiger partial charge in [0.05, 0.1) is 0 Å². The molecule has 4 heteroatoms. The smallest absolute Gasteiger partial charge is 0.135 e. The molecule has 1 aromatic heterocycles. The highest BCUT2D eigenvalue weighted by Gasteiger charge is 2.14. The van der Waals surface area contributed by atoms with Gasteiger partial charge in [-0.05, 0) is 24.5 Å². The fourth-order valence-electron chi connectivity index (χ4n) is 2.41. The standard InChI is InChI=1S/C16H20FN3/c1-10(2)15-11(3)19-14(20-16(15)18-4)9-12-7-5-6-8-13(12)17/h5-8,10H,9H2,1-4H3,(H,18,19,20). The SMILES string of the molecule is CNc1nc(Cc2ccccc2F)nc(C)c1C(C)C. The van der Waals surface area contributed by atoms with Crippen molar-refractivity contribution in [1.29, 1.82) is 0 Å². The maximum absolute atomic E-state index is 13.7. The number of rotatable bonds is 4. The van der Waals surface area contributed by atoms with Gasteiger partial charge in [0, 0.05) is 24.7 Å². The van der Waals surface area contributed by atoms with Crippen LogP contribution in [0.15, 0.2) is 24.3 Å². The molecule has 0 unspecified atom stereocenters. The number of aromatic nitrogens is 2. The minimum Gasteiger partial charge on any atom is -0.373 e. The summed E-state index contributed by atoms with van der Waals surface area (Å²) in [4.78, 5) is 9.04. The van der Waals surface area contributed by atoms with Gasteiger partial charge in [-0.15, -0.1) is 0 Å². The molecule has 0 aliphatic carbocycles. The lowest BCUT2D eigenvalue weighted by Crippen LogP contribution is -2.09. The first-order valence-corrected chi connectivity index (χ1v) is 6.81. The van der Waals surface area contributed by atoms with Crippen molar-refractivity contribution in [2.75, 3.05) is 12.4 Å². The fourth-order valence-corrected chi connectivity index (χ4v) is 2.41. The monoisotopic (exact) mass is 273 g/mol. The second-order valence-electron chi connectivity index (χ2n) is 5.16. The molecule has 20 heavy (non-hydrogen) atoms. The summed E-state index contributed by atoms with van der Waals surface area (Å²) in [6.07, 6.45) is 0.403. The molecule has 0 atom stereocenters. The Morgan fingerprint density at radius 3 is 2.50 bits per heavy atom. The van der Waals surface area contributed by atoms with Gasteiger partial charge in [0.15, 0.2) is 0 Å². The Morgan fingerprint density at radius 2 is 1.90 bits per heavy atom. The number of nitrogens with one attached hydrogen (secondary N) is 1. The van der Waals surface area contributed by atoms with Crippen molar-refractivity contribution in [3.63, 3.8) is 0 Å². The van der Waals surface area contributed by atoms with Crippen LogP contribution < -0.4 is 5.32 Å². The Balaban J connectivity index is 2.39. The van der Waals surface area contributed by atoms with Crippen molar-refractivity contribution >= 4 is 5.82 Å². The Hall–Kier alpha value is -1.97. The van der Waals surface area contributed by atoms with E-state index in [0.717, 1.165) is 17.1 Å². The van der Waals surface area contributed by atoms with E-state index in [1.807, 2.05) is 20.0 Å². The summed E-state index contributed by atoms with van der Waals surface area (Å²) in [5.41, 5.74) is 2.68. The molecular weight excluding hydrogens is 253 g/mol. The summed E-state index contributed by atoms with van der Waals surface area (Å²) in [5, 5.41) is 3.11. The van der Waals surface area contributed by atoms with Gasteiger partial charge in [-0.3, -0.25) is 0 Å². The molecule has 1 aromatic carbocycles. The first kappa shape index (κ1) is 14.4. The lowest BCUT2D eigenvalue weighted by atomic mass is 10.0. The minimum atomic E-state index is -0.215. The first-order chi connectivity index (χ1) is 9.52. The Morgan fingerprint density at radius 1 is 1.20 bits per heavy atom. The zero-order valence-electron chi connectivity index (χ0n) is 12.4. The molecule has 0 spiro atoms. The summed E-state index contributed by atoms with van der Waals surface area (Å²) in [7, 11) is 1.85. The van der Waals surface area contributed by atoms with Crippen LogP contribution in [-0.2, 0) is 6.42 Å². The van der Waals surface area contributed by atoms with Crippen LogP contribution in [0.2, 0.25) is 0 Å². The molecular formula is C16H20FN3. The summed E-state index contributed by atoms with van der Waals surface area (Å²) in [5.74, 6) is 1.60. The highest BCUT2D eigenvalue weighted by Crippen LogP contribution is 2.25. The summed E-state index contributed by atoms with van der Waals surface area (Å²) in [6.45, 7) is 6.20. The van der Waals surface area contributed by atoms with Gasteiger partial charge in [0.1, 0.15) is 17.5 Å². The molecule has 2 rings (SSSR count). The molecule has 0 radical (unpaired) electrons. The third-order valence-corrected chi connectivity index (χ3v) is 3.30. The fraction of sp³-hybridized carbons (Fsp3) is 0.375. The number of benzene rings is 1. The molecule has 1 heterocycles. The summed E-state index contributed by atoms with van der Waals surface area (Å²) >= 11 is 0. The van der Waals surface area contributed by atoms with Gasteiger partial charge in [-0.1, -0.05) is 32.0 Å². The van der Waals surface area contributed by atoms with E-state index in [0.29, 0.717) is 23.7 Å². The molecule has 2 aromatic rings. The quantitative estimate of drug-likeness (QED) is 0.923. The Bertz CT molecular complexity index is 609. The van der Waals surface area contributed by atoms with Crippen LogP contribution in [0.4, 0.5) is 10.2 Å². The van der Waals surface area contributed by atoms with Crippen molar-refractivity contribution in [1.82, 2.24) is 9.97 Å². The molecule has 3 nitrogen and oxygen atoms in total. The number of anilines is 1. The van der Waals surface area contributed by atoms with Gasteiger partial charge in [-0.25, -0.2) is 14.4 Å². The molecule has 0 aliphatic heterocycles. The third kappa shape index (κ3) is 2.95. The van der Waals surface area contributed by atoms with Gasteiger partial charge in [0.2, 0.25) is 0 Å². The second-order valence-corrected chi connectivity index (χ2v) is 5.16. The van der Waals surface area contributed by atoms with Crippen LogP contribution in [-0.4, -0.2) is 17.0 Å². The third-order valence-electron chi connectivity index (χ3n) is 3.30. The molecule has 106 valence electrons. The lowest BCUT2D eigenvalue weighted by molar-refractivity contribution is 0.612. The maximum Gasteiger partial charge on any atom is 0.135 e. The molecule has 0 amide bonds. The van der Waals surface area contributed by atoms with Crippen LogP contribution in [0.1, 0.15) is 42.4 Å². The summed E-state index contributed by atoms with van der Waals surface area (Å²) in [6, 6.07) is 6.74. The normalized spacial score (nSPS) is 10.9. The summed E-state index contributed by atoms with van der Waals surface area (Å²) < 4.78 is 13.7. The minimum absolute atomic E-state index is 0.215. The van der Waals surface area contributed by atoms with E-state index in [2.05, 4.69) is 29.1 Å². The van der Waals surface area contributed by atoms with E-state index in [1.54, 1.807) is 12.1 Å². The second kappa shape index (κ2) is 5.99. The van der Waals surface area contributed by atoms with E-state index in [9.17, 15) is 4.39 Å². The van der Waals surface area contributed by atoms with Crippen LogP contribution in [0, 0.1) is 12.7 Å². The largest absolute Gasteiger partial charge is 0.373 e. The van der Waals surface area contributed by atoms with Gasteiger partial charge < -0.3 is 5.32 Å². The molecule has 1 N–H and O–H groups in total. The van der Waals surface area contributed by atoms with E-state index in [-0.39, 0.29) is 5.82 Å². The van der Waals surface area contributed by atoms with Gasteiger partial charge in [-0.2, -0.15) is 0 Å². The highest BCUT2D eigenvalue weighted by atomic mass is 19.1. The van der Waals surface area contributed by atoms with Crippen LogP contribution >= 0.6 is 0 Å². The van der Waals surface area contributed by atoms with E-state index >= 15 is 0 Å². The zero-order valence-corrected chi connectivity index (χ0v) is 12.4. The number of hydrogen-bond donors (Lipinski definition) is 1. The van der Waals surface area contributed by atoms with E-state index in [1.165, 1.54) is 6.07 Å². The average molecular weight is 273 g/mol. The molecule has 0 fully saturated rings. The number of halogens is 1. The van der Waals surface area contributed by atoms with Crippen LogP contribution in [0.5, 0.6) is 0 Å². The zero-order chi connectivity index (χ0) is 14.7. The van der Waals surface area contributed by atoms with E-state index in [4.69, 9.17) is 0 Å². The van der Waals surface area contributed by atoms with Gasteiger partial charge in [0.25, 0.3) is 0 Å². The van der Waals surface area contributed by atoms with Crippen molar-refractivity contribution in [3.05, 3.63) is 52.7 Å². The van der Waals surface area contributed by atoms with Crippen molar-refractivity contribution < 1.29 is 4.39 Å². The number of aryl methyl sites for hydroxylation is 1. The number of nitrogens with zero attached hydrogens (tertiary/aromatic N) is 2. The van der Waals surface area contributed by atoms with E-state index < -0.39 is 0 Å². The molecule has 0 saturated heterocycles. The number of hydrogen-bond acceptors (Lipinski definition) is 3. The van der Waals surface area contributed by atoms with Crippen LogP contribution in [0.3, 0.4) is 0 Å². The average Bonchev–Trinajstić information content (AvgIpc) is 2.40. The Labute approximate surface area is 119 Å². The lowest BCUT2D eigenvalue weighted by Gasteiger charge is -2.15.